The van der Waals surface area contributed by atoms with Crippen LogP contribution in [0.25, 0.3) is 10.9 Å². The molecule has 6 aromatic heterocycles. The van der Waals surface area contributed by atoms with E-state index in [4.69, 9.17) is 31.0 Å². The van der Waals surface area contributed by atoms with Crippen LogP contribution in [0.15, 0.2) is 146 Å². The van der Waals surface area contributed by atoms with Crippen LogP contribution >= 0.6 is 11.6 Å². The quantitative estimate of drug-likeness (QED) is 0.0611. The molecule has 0 fully saturated rings. The van der Waals surface area contributed by atoms with Crippen molar-refractivity contribution >= 4 is 57.0 Å². The number of H-pyrrole nitrogens is 3. The maximum absolute atomic E-state index is 5.92. The van der Waals surface area contributed by atoms with Crippen molar-refractivity contribution in [2.24, 2.45) is 0 Å². The van der Waals surface area contributed by atoms with E-state index in [-0.39, 0.29) is 0 Å². The van der Waals surface area contributed by atoms with Gasteiger partial charge in [0.05, 0.1) is 24.0 Å². The minimum absolute atomic E-state index is 0.420. The maximum Gasteiger partial charge on any atom is 0.152 e. The summed E-state index contributed by atoms with van der Waals surface area (Å²) in [5.41, 5.74) is 16.2. The first kappa shape index (κ1) is 49.5. The van der Waals surface area contributed by atoms with Crippen molar-refractivity contribution in [1.29, 1.82) is 0 Å². The van der Waals surface area contributed by atoms with Crippen LogP contribution in [-0.4, -0.2) is 52.7 Å². The number of rotatable bonds is 14. The number of hydrogen-bond donors (Lipinski definition) is 6. The minimum Gasteiger partial charge on any atom is -0.497 e. The first-order valence-corrected chi connectivity index (χ1v) is 24.7. The number of benzene rings is 4. The third-order valence-electron chi connectivity index (χ3n) is 12.0. The van der Waals surface area contributed by atoms with Gasteiger partial charge in [-0.05, 0) is 137 Å². The van der Waals surface area contributed by atoms with Crippen molar-refractivity contribution in [2.75, 3.05) is 23.1 Å². The SMILES string of the molecule is COc1cccc(Cc2cc(Nc3cc(C)[nH]n3)c3ccccc3n2)c1.Cc1cc(Nc2cc(COc3ccc(Cl)cc3)nc3c2CCCC3)n[nH]1.Cc1cccc(Cc2cc(Nc3cc(C)[nH]n3)ccn2)c1. The summed E-state index contributed by atoms with van der Waals surface area (Å²) in [7, 11) is 1.68. The van der Waals surface area contributed by atoms with Crippen LogP contribution in [0.1, 0.15) is 75.0 Å². The molecule has 11 rings (SSSR count). The Morgan fingerprint density at radius 2 is 1.21 bits per heavy atom. The predicted molar refractivity (Wildman–Crippen MR) is 292 cm³/mol. The number of aromatic amines is 3. The van der Waals surface area contributed by atoms with Crippen molar-refractivity contribution in [3.63, 3.8) is 0 Å². The molecule has 73 heavy (non-hydrogen) atoms. The molecule has 0 saturated carbocycles. The molecule has 6 heterocycles. The summed E-state index contributed by atoms with van der Waals surface area (Å²) < 4.78 is 11.2. The van der Waals surface area contributed by atoms with Crippen LogP contribution in [0.2, 0.25) is 5.02 Å². The Morgan fingerprint density at radius 1 is 0.562 bits per heavy atom. The lowest BCUT2D eigenvalue weighted by molar-refractivity contribution is 0.301. The molecule has 0 spiro atoms. The highest BCUT2D eigenvalue weighted by Gasteiger charge is 2.18. The van der Waals surface area contributed by atoms with Crippen LogP contribution in [0.4, 0.5) is 34.5 Å². The molecule has 6 N–H and O–H groups in total. The summed E-state index contributed by atoms with van der Waals surface area (Å²) in [6.07, 6.45) is 7.83. The molecule has 10 aromatic rings. The molecule has 0 atom stereocenters. The van der Waals surface area contributed by atoms with Crippen molar-refractivity contribution in [2.45, 2.75) is 72.8 Å². The van der Waals surface area contributed by atoms with Crippen molar-refractivity contribution in [3.05, 3.63) is 213 Å². The van der Waals surface area contributed by atoms with E-state index in [0.29, 0.717) is 11.6 Å². The fourth-order valence-electron chi connectivity index (χ4n) is 8.61. The van der Waals surface area contributed by atoms with Gasteiger partial charge >= 0.3 is 0 Å². The summed E-state index contributed by atoms with van der Waals surface area (Å²) in [5, 5.41) is 33.5. The number of hydrogen-bond acceptors (Lipinski definition) is 11. The molecule has 0 aliphatic heterocycles. The standard InChI is InChI=1S/C21H20N4O.C20H21ClN4O.C17H18N4/c1-14-10-21(25-24-14)23-20-13-16(22-19-9-4-3-8-18(19)20)11-15-6-5-7-17(12-15)26-2;1-13-10-20(25-24-13)23-19-11-15(22-18-5-3-2-4-17(18)19)12-26-16-8-6-14(21)7-9-16;1-12-4-3-5-14(8-12)10-16-11-15(6-7-18-16)19-17-9-13(2)20-21-17/h3-10,12-13H,11H2,1-2H3,(H2,22,23,24,25);6-11H,2-5,12H2,1H3,(H2,22,23,24,25);3-9,11H,10H2,1-2H3,(H2,18,19,20,21). The fraction of sp³-hybridized carbons (Fsp3) is 0.207. The van der Waals surface area contributed by atoms with Gasteiger partial charge < -0.3 is 25.4 Å². The molecule has 0 radical (unpaired) electrons. The van der Waals surface area contributed by atoms with Gasteiger partial charge in [-0.1, -0.05) is 71.8 Å². The smallest absolute Gasteiger partial charge is 0.152 e. The van der Waals surface area contributed by atoms with Gasteiger partial charge in [-0.15, -0.1) is 0 Å². The first-order valence-electron chi connectivity index (χ1n) is 24.4. The number of halogens is 1. The van der Waals surface area contributed by atoms with Gasteiger partial charge in [0.2, 0.25) is 0 Å². The fourth-order valence-corrected chi connectivity index (χ4v) is 8.73. The number of aryl methyl sites for hydroxylation is 5. The average molecular weight is 992 g/mol. The number of ether oxygens (including phenoxy) is 2. The Hall–Kier alpha value is -8.49. The Bertz CT molecular complexity index is 3420. The van der Waals surface area contributed by atoms with Gasteiger partial charge in [-0.3, -0.25) is 30.2 Å². The number of methoxy groups -OCH3 is 1. The predicted octanol–water partition coefficient (Wildman–Crippen LogP) is 13.3. The van der Waals surface area contributed by atoms with Gasteiger partial charge in [0, 0.05) is 93.2 Å². The molecule has 0 amide bonds. The van der Waals surface area contributed by atoms with Crippen molar-refractivity contribution in [3.8, 4) is 11.5 Å². The average Bonchev–Trinajstić information content (AvgIpc) is 4.14. The zero-order valence-electron chi connectivity index (χ0n) is 41.7. The lowest BCUT2D eigenvalue weighted by Gasteiger charge is -2.20. The van der Waals surface area contributed by atoms with E-state index in [1.807, 2.05) is 112 Å². The van der Waals surface area contributed by atoms with E-state index in [1.54, 1.807) is 7.11 Å². The Morgan fingerprint density at radius 3 is 1.90 bits per heavy atom. The largest absolute Gasteiger partial charge is 0.497 e. The maximum atomic E-state index is 5.92. The second-order valence-corrected chi connectivity index (χ2v) is 18.6. The molecule has 1 aliphatic carbocycles. The van der Waals surface area contributed by atoms with Crippen LogP contribution in [0.5, 0.6) is 11.5 Å². The highest BCUT2D eigenvalue weighted by molar-refractivity contribution is 6.30. The lowest BCUT2D eigenvalue weighted by atomic mass is 9.94. The van der Waals surface area contributed by atoms with E-state index < -0.39 is 0 Å². The van der Waals surface area contributed by atoms with Gasteiger partial charge in [0.25, 0.3) is 0 Å². The molecule has 0 saturated heterocycles. The van der Waals surface area contributed by atoms with Gasteiger partial charge in [0.1, 0.15) is 18.1 Å². The zero-order valence-corrected chi connectivity index (χ0v) is 42.4. The number of para-hydroxylation sites is 1. The Labute approximate surface area is 430 Å². The van der Waals surface area contributed by atoms with Crippen LogP contribution < -0.4 is 25.4 Å². The van der Waals surface area contributed by atoms with Crippen molar-refractivity contribution < 1.29 is 9.47 Å². The third-order valence-corrected chi connectivity index (χ3v) is 12.3. The number of aromatic nitrogens is 9. The first-order chi connectivity index (χ1) is 35.6. The van der Waals surface area contributed by atoms with E-state index >= 15 is 0 Å². The monoisotopic (exact) mass is 990 g/mol. The van der Waals surface area contributed by atoms with E-state index in [9.17, 15) is 0 Å². The summed E-state index contributed by atoms with van der Waals surface area (Å²) in [5.74, 6) is 4.08. The van der Waals surface area contributed by atoms with Crippen molar-refractivity contribution in [1.82, 2.24) is 45.5 Å². The molecule has 1 aliphatic rings. The minimum atomic E-state index is 0.420. The number of nitrogens with one attached hydrogen (secondary N) is 6. The topological polar surface area (TPSA) is 179 Å². The van der Waals surface area contributed by atoms with E-state index in [2.05, 4.69) is 113 Å². The van der Waals surface area contributed by atoms with Crippen LogP contribution in [0.3, 0.4) is 0 Å². The van der Waals surface area contributed by atoms with E-state index in [1.165, 1.54) is 35.2 Å². The molecule has 0 bridgehead atoms. The lowest BCUT2D eigenvalue weighted by Crippen LogP contribution is -2.12. The van der Waals surface area contributed by atoms with Gasteiger partial charge in [0.15, 0.2) is 17.5 Å². The number of nitrogens with zero attached hydrogens (tertiary/aromatic N) is 6. The molecule has 14 nitrogen and oxygen atoms in total. The van der Waals surface area contributed by atoms with Crippen LogP contribution in [-0.2, 0) is 32.3 Å². The van der Waals surface area contributed by atoms with Gasteiger partial charge in [-0.25, -0.2) is 0 Å². The summed E-state index contributed by atoms with van der Waals surface area (Å²) in [6, 6.07) is 46.2. The third kappa shape index (κ3) is 13.9. The molecule has 370 valence electrons. The molecule has 15 heteroatoms. The Balaban J connectivity index is 0.000000136. The number of pyridine rings is 3. The second kappa shape index (κ2) is 23.6. The van der Waals surface area contributed by atoms with Gasteiger partial charge in [-0.2, -0.15) is 15.3 Å². The zero-order chi connectivity index (χ0) is 50.5. The highest BCUT2D eigenvalue weighted by Crippen LogP contribution is 2.31. The Kier molecular flexibility index (Phi) is 16.0. The molecule has 0 unspecified atom stereocenters. The van der Waals surface area contributed by atoms with Crippen LogP contribution in [0, 0.1) is 27.7 Å². The highest BCUT2D eigenvalue weighted by atomic mass is 35.5. The van der Waals surface area contributed by atoms with E-state index in [0.717, 1.165) is 122 Å². The molecule has 4 aromatic carbocycles. The summed E-state index contributed by atoms with van der Waals surface area (Å²) >= 11 is 5.92. The normalized spacial score (nSPS) is 11.6. The molecular formula is C58H59ClN12O2. The number of fused-ring (bicyclic) bond motifs is 2. The summed E-state index contributed by atoms with van der Waals surface area (Å²) in [6.45, 7) is 8.48. The number of anilines is 6. The molecular weight excluding hydrogens is 932 g/mol. The summed E-state index contributed by atoms with van der Waals surface area (Å²) in [4.78, 5) is 14.1. The second-order valence-electron chi connectivity index (χ2n) is 18.1.